The Labute approximate surface area is 140 Å². The van der Waals surface area contributed by atoms with E-state index in [1.165, 1.54) is 0 Å². The lowest BCUT2D eigenvalue weighted by molar-refractivity contribution is -0.137. The molecule has 6 heteroatoms. The van der Waals surface area contributed by atoms with E-state index in [1.807, 2.05) is 41.4 Å². The van der Waals surface area contributed by atoms with Crippen LogP contribution in [-0.2, 0) is 4.79 Å². The zero-order chi connectivity index (χ0) is 16.9. The summed E-state index contributed by atoms with van der Waals surface area (Å²) in [6.45, 7) is 1.34. The fourth-order valence-electron chi connectivity index (χ4n) is 3.25. The van der Waals surface area contributed by atoms with Crippen LogP contribution in [0, 0.1) is 5.92 Å². The van der Waals surface area contributed by atoms with Crippen LogP contribution in [0.4, 0.5) is 0 Å². The van der Waals surface area contributed by atoms with Gasteiger partial charge in [-0.1, -0.05) is 12.1 Å². The van der Waals surface area contributed by atoms with Crippen molar-refractivity contribution in [2.75, 3.05) is 13.1 Å². The third kappa shape index (κ3) is 3.64. The number of carbonyl (C=O) groups is 2. The van der Waals surface area contributed by atoms with Gasteiger partial charge in [-0.25, -0.2) is 4.68 Å². The van der Waals surface area contributed by atoms with Crippen molar-refractivity contribution in [3.63, 3.8) is 0 Å². The summed E-state index contributed by atoms with van der Waals surface area (Å²) in [5.74, 6) is -0.528. The molecule has 24 heavy (non-hydrogen) atoms. The van der Waals surface area contributed by atoms with Crippen LogP contribution < -0.4 is 0 Å². The predicted octanol–water partition coefficient (Wildman–Crippen LogP) is 2.59. The average Bonchev–Trinajstić information content (AvgIpc) is 3.14. The highest BCUT2D eigenvalue weighted by Crippen LogP contribution is 2.24. The van der Waals surface area contributed by atoms with Gasteiger partial charge in [0.15, 0.2) is 0 Å². The van der Waals surface area contributed by atoms with Gasteiger partial charge in [0.25, 0.3) is 5.91 Å². The molecular weight excluding hydrogens is 306 g/mol. The van der Waals surface area contributed by atoms with E-state index in [4.69, 9.17) is 5.11 Å². The number of hydrogen-bond donors (Lipinski definition) is 1. The fraction of sp³-hybridized carbons (Fsp3) is 0.389. The lowest BCUT2D eigenvalue weighted by Gasteiger charge is -2.33. The van der Waals surface area contributed by atoms with E-state index in [1.54, 1.807) is 10.9 Å². The van der Waals surface area contributed by atoms with Crippen molar-refractivity contribution in [3.05, 3.63) is 48.3 Å². The summed E-state index contributed by atoms with van der Waals surface area (Å²) in [4.78, 5) is 25.6. The molecule has 6 nitrogen and oxygen atoms in total. The number of carboxylic acids is 1. The molecule has 1 unspecified atom stereocenters. The summed E-state index contributed by atoms with van der Waals surface area (Å²) in [6, 6.07) is 9.27. The number of hydrogen-bond acceptors (Lipinski definition) is 3. The monoisotopic (exact) mass is 327 g/mol. The Balaban J connectivity index is 1.76. The maximum Gasteiger partial charge on any atom is 0.303 e. The number of amides is 1. The molecule has 1 aromatic carbocycles. The highest BCUT2D eigenvalue weighted by atomic mass is 16.4. The van der Waals surface area contributed by atoms with Gasteiger partial charge in [-0.2, -0.15) is 5.10 Å². The van der Waals surface area contributed by atoms with Crippen LogP contribution in [0.15, 0.2) is 42.7 Å². The van der Waals surface area contributed by atoms with Gasteiger partial charge in [0, 0.05) is 31.9 Å². The lowest BCUT2D eigenvalue weighted by atomic mass is 9.93. The smallest absolute Gasteiger partial charge is 0.303 e. The van der Waals surface area contributed by atoms with Gasteiger partial charge in [-0.05, 0) is 43.4 Å². The Hall–Kier alpha value is -2.63. The Kier molecular flexibility index (Phi) is 4.93. The molecule has 3 rings (SSSR count). The molecule has 0 spiro atoms. The number of aliphatic carboxylic acids is 1. The number of carbonyl (C=O) groups excluding carboxylic acids is 1. The molecule has 1 aliphatic heterocycles. The molecule has 0 saturated carbocycles. The molecule has 1 aliphatic rings. The Morgan fingerprint density at radius 2 is 2.08 bits per heavy atom. The van der Waals surface area contributed by atoms with Crippen molar-refractivity contribution in [1.29, 1.82) is 0 Å². The van der Waals surface area contributed by atoms with Crippen molar-refractivity contribution in [2.45, 2.75) is 25.7 Å². The second-order valence-electron chi connectivity index (χ2n) is 6.16. The van der Waals surface area contributed by atoms with Gasteiger partial charge in [0.05, 0.1) is 11.3 Å². The number of para-hydroxylation sites is 1. The number of piperidine rings is 1. The number of rotatable bonds is 5. The van der Waals surface area contributed by atoms with Crippen molar-refractivity contribution in [2.24, 2.45) is 5.92 Å². The van der Waals surface area contributed by atoms with Crippen LogP contribution in [0.3, 0.4) is 0 Å². The van der Waals surface area contributed by atoms with Crippen LogP contribution in [0.25, 0.3) is 5.69 Å². The van der Waals surface area contributed by atoms with Crippen molar-refractivity contribution < 1.29 is 14.7 Å². The van der Waals surface area contributed by atoms with Crippen molar-refractivity contribution >= 4 is 11.9 Å². The minimum absolute atomic E-state index is 0.0128. The standard InChI is InChI=1S/C18H21N3O3/c22-17(23)9-8-14-5-3-11-20(13-14)18(24)15-6-1-2-7-16(15)21-12-4-10-19-21/h1-2,4,6-7,10,12,14H,3,5,8-9,11,13H2,(H,22,23). The third-order valence-corrected chi connectivity index (χ3v) is 4.46. The molecule has 1 atom stereocenters. The third-order valence-electron chi connectivity index (χ3n) is 4.46. The van der Waals surface area contributed by atoms with Gasteiger partial charge in [0.1, 0.15) is 0 Å². The predicted molar refractivity (Wildman–Crippen MR) is 89.1 cm³/mol. The van der Waals surface area contributed by atoms with E-state index in [-0.39, 0.29) is 18.2 Å². The van der Waals surface area contributed by atoms with E-state index >= 15 is 0 Å². The molecule has 1 amide bonds. The zero-order valence-corrected chi connectivity index (χ0v) is 13.5. The SMILES string of the molecule is O=C(O)CCC1CCCN(C(=O)c2ccccc2-n2cccn2)C1. The van der Waals surface area contributed by atoms with Gasteiger partial charge in [-0.3, -0.25) is 9.59 Å². The number of carboxylic acid groups (broad SMARTS) is 1. The van der Waals surface area contributed by atoms with Crippen LogP contribution in [0.5, 0.6) is 0 Å². The molecular formula is C18H21N3O3. The molecule has 1 aromatic heterocycles. The summed E-state index contributed by atoms with van der Waals surface area (Å²) in [6.07, 6.45) is 6.19. The first-order valence-electron chi connectivity index (χ1n) is 8.25. The highest BCUT2D eigenvalue weighted by Gasteiger charge is 2.26. The molecule has 1 saturated heterocycles. The van der Waals surface area contributed by atoms with Crippen LogP contribution in [0.1, 0.15) is 36.0 Å². The van der Waals surface area contributed by atoms with Crippen molar-refractivity contribution in [3.8, 4) is 5.69 Å². The minimum Gasteiger partial charge on any atom is -0.481 e. The summed E-state index contributed by atoms with van der Waals surface area (Å²) >= 11 is 0. The Morgan fingerprint density at radius 1 is 1.25 bits per heavy atom. The summed E-state index contributed by atoms with van der Waals surface area (Å²) in [5.41, 5.74) is 1.39. The van der Waals surface area contributed by atoms with Crippen LogP contribution in [0.2, 0.25) is 0 Å². The Morgan fingerprint density at radius 3 is 2.83 bits per heavy atom. The van der Waals surface area contributed by atoms with Gasteiger partial charge in [0.2, 0.25) is 0 Å². The van der Waals surface area contributed by atoms with Gasteiger partial charge >= 0.3 is 5.97 Å². The molecule has 1 N–H and O–H groups in total. The van der Waals surface area contributed by atoms with Crippen molar-refractivity contribution in [1.82, 2.24) is 14.7 Å². The second-order valence-corrected chi connectivity index (χ2v) is 6.16. The normalized spacial score (nSPS) is 17.7. The van der Waals surface area contributed by atoms with E-state index in [2.05, 4.69) is 5.10 Å². The van der Waals surface area contributed by atoms with Crippen LogP contribution in [-0.4, -0.2) is 44.8 Å². The quantitative estimate of drug-likeness (QED) is 0.916. The number of likely N-dealkylation sites (tertiary alicyclic amines) is 1. The minimum atomic E-state index is -0.775. The van der Waals surface area contributed by atoms with E-state index in [9.17, 15) is 9.59 Å². The highest BCUT2D eigenvalue weighted by molar-refractivity contribution is 5.97. The van der Waals surface area contributed by atoms with E-state index < -0.39 is 5.97 Å². The first-order chi connectivity index (χ1) is 11.6. The Bertz CT molecular complexity index is 712. The average molecular weight is 327 g/mol. The summed E-state index contributed by atoms with van der Waals surface area (Å²) < 4.78 is 1.69. The maximum absolute atomic E-state index is 13.0. The van der Waals surface area contributed by atoms with Crippen LogP contribution >= 0.6 is 0 Å². The maximum atomic E-state index is 13.0. The summed E-state index contributed by atoms with van der Waals surface area (Å²) in [7, 11) is 0. The molecule has 1 fully saturated rings. The van der Waals surface area contributed by atoms with Gasteiger partial charge in [-0.15, -0.1) is 0 Å². The summed E-state index contributed by atoms with van der Waals surface area (Å²) in [5, 5.41) is 13.1. The van der Waals surface area contributed by atoms with E-state index in [0.717, 1.165) is 25.1 Å². The number of nitrogens with zero attached hydrogens (tertiary/aromatic N) is 3. The first kappa shape index (κ1) is 16.2. The second kappa shape index (κ2) is 7.29. The first-order valence-corrected chi connectivity index (χ1v) is 8.25. The van der Waals surface area contributed by atoms with E-state index in [0.29, 0.717) is 18.5 Å². The topological polar surface area (TPSA) is 75.4 Å². The fourth-order valence-corrected chi connectivity index (χ4v) is 3.25. The zero-order valence-electron chi connectivity index (χ0n) is 13.5. The molecule has 0 bridgehead atoms. The molecule has 0 aliphatic carbocycles. The lowest BCUT2D eigenvalue weighted by Crippen LogP contribution is -2.40. The largest absolute Gasteiger partial charge is 0.481 e. The van der Waals surface area contributed by atoms with Gasteiger partial charge < -0.3 is 10.0 Å². The molecule has 126 valence electrons. The molecule has 2 aromatic rings. The number of benzene rings is 1. The number of aromatic nitrogens is 2. The molecule has 2 heterocycles. The molecule has 0 radical (unpaired) electrons.